The summed E-state index contributed by atoms with van der Waals surface area (Å²) in [7, 11) is 1.65. The molecule has 0 atom stereocenters. The number of anilines is 2. The second kappa shape index (κ2) is 7.71. The van der Waals surface area contributed by atoms with E-state index in [4.69, 9.17) is 11.2 Å². The molecule has 2 N–H and O–H groups in total. The zero-order chi connectivity index (χ0) is 16.7. The smallest absolute Gasteiger partial charge is 0.292 e. The Kier molecular flexibility index (Phi) is 5.42. The van der Waals surface area contributed by atoms with E-state index in [0.717, 1.165) is 11.3 Å². The van der Waals surface area contributed by atoms with Crippen molar-refractivity contribution in [3.05, 3.63) is 58.1 Å². The number of para-hydroxylation sites is 2. The molecule has 0 aromatic heterocycles. The Hall–Kier alpha value is -3.20. The summed E-state index contributed by atoms with van der Waals surface area (Å²) in [6.45, 7) is 0.613. The number of nitro groups is 1. The molecule has 0 aliphatic heterocycles. The second-order valence-corrected chi connectivity index (χ2v) is 4.70. The Balaban J connectivity index is 2.14. The van der Waals surface area contributed by atoms with Crippen molar-refractivity contribution in [1.29, 1.82) is 0 Å². The van der Waals surface area contributed by atoms with Gasteiger partial charge >= 0.3 is 0 Å². The summed E-state index contributed by atoms with van der Waals surface area (Å²) >= 11 is 0. The zero-order valence-electron chi connectivity index (χ0n) is 12.7. The van der Waals surface area contributed by atoms with Crippen molar-refractivity contribution in [3.8, 4) is 18.1 Å². The Morgan fingerprint density at radius 2 is 2.04 bits per heavy atom. The van der Waals surface area contributed by atoms with E-state index in [2.05, 4.69) is 16.6 Å². The molecule has 2 rings (SSSR count). The molecule has 118 valence electrons. The molecule has 6 heteroatoms. The van der Waals surface area contributed by atoms with E-state index in [9.17, 15) is 10.1 Å². The van der Waals surface area contributed by atoms with Crippen LogP contribution in [0.3, 0.4) is 0 Å². The molecule has 0 fully saturated rings. The molecule has 0 radical (unpaired) electrons. The molecule has 0 spiro atoms. The zero-order valence-corrected chi connectivity index (χ0v) is 12.7. The van der Waals surface area contributed by atoms with Crippen molar-refractivity contribution in [1.82, 2.24) is 0 Å². The summed E-state index contributed by atoms with van der Waals surface area (Å²) in [5.41, 5.74) is 2.10. The van der Waals surface area contributed by atoms with E-state index >= 15 is 0 Å². The van der Waals surface area contributed by atoms with Gasteiger partial charge in [-0.15, -0.1) is 6.42 Å². The van der Waals surface area contributed by atoms with Gasteiger partial charge in [-0.3, -0.25) is 10.1 Å². The molecule has 0 saturated heterocycles. The first kappa shape index (κ1) is 16.2. The van der Waals surface area contributed by atoms with Crippen LogP contribution in [-0.4, -0.2) is 18.6 Å². The van der Waals surface area contributed by atoms with Crippen molar-refractivity contribution in [3.63, 3.8) is 0 Å². The first-order valence-electron chi connectivity index (χ1n) is 7.00. The topological polar surface area (TPSA) is 76.4 Å². The SMILES string of the molecule is C#CCOc1ccccc1NCc1ccc(NC)c([N+](=O)[O-])c1. The molecule has 0 saturated carbocycles. The maximum atomic E-state index is 11.1. The lowest BCUT2D eigenvalue weighted by molar-refractivity contribution is -0.384. The molecular formula is C17H17N3O3. The van der Waals surface area contributed by atoms with E-state index in [1.807, 2.05) is 30.3 Å². The van der Waals surface area contributed by atoms with Crippen molar-refractivity contribution in [2.24, 2.45) is 0 Å². The summed E-state index contributed by atoms with van der Waals surface area (Å²) in [6, 6.07) is 12.5. The highest BCUT2D eigenvalue weighted by molar-refractivity contribution is 5.63. The molecular weight excluding hydrogens is 294 g/mol. The number of benzene rings is 2. The number of hydrogen-bond donors (Lipinski definition) is 2. The molecule has 0 aliphatic carbocycles. The fourth-order valence-corrected chi connectivity index (χ4v) is 2.10. The monoisotopic (exact) mass is 311 g/mol. The van der Waals surface area contributed by atoms with Gasteiger partial charge in [-0.2, -0.15) is 0 Å². The minimum Gasteiger partial charge on any atom is -0.479 e. The maximum Gasteiger partial charge on any atom is 0.292 e. The van der Waals surface area contributed by atoms with Gasteiger partial charge in [-0.05, 0) is 23.8 Å². The van der Waals surface area contributed by atoms with Crippen LogP contribution in [0.4, 0.5) is 17.1 Å². The van der Waals surface area contributed by atoms with E-state index < -0.39 is 4.92 Å². The minimum absolute atomic E-state index is 0.0451. The molecule has 2 aromatic carbocycles. The standard InChI is InChI=1S/C17H17N3O3/c1-3-10-23-17-7-5-4-6-15(17)19-12-13-8-9-14(18-2)16(11-13)20(21)22/h1,4-9,11,18-19H,10,12H2,2H3. The van der Waals surface area contributed by atoms with Gasteiger partial charge in [-0.25, -0.2) is 0 Å². The first-order chi connectivity index (χ1) is 11.2. The van der Waals surface area contributed by atoms with E-state index in [1.165, 1.54) is 0 Å². The largest absolute Gasteiger partial charge is 0.479 e. The number of hydrogen-bond acceptors (Lipinski definition) is 5. The second-order valence-electron chi connectivity index (χ2n) is 4.70. The van der Waals surface area contributed by atoms with Crippen LogP contribution in [0.1, 0.15) is 5.56 Å². The van der Waals surface area contributed by atoms with Crippen molar-refractivity contribution in [2.45, 2.75) is 6.54 Å². The van der Waals surface area contributed by atoms with Crippen molar-refractivity contribution >= 4 is 17.1 Å². The Bertz CT molecular complexity index is 738. The molecule has 0 amide bonds. The molecule has 2 aromatic rings. The van der Waals surface area contributed by atoms with Gasteiger partial charge in [0, 0.05) is 19.7 Å². The summed E-state index contributed by atoms with van der Waals surface area (Å²) in [5.74, 6) is 3.06. The molecule has 0 heterocycles. The molecule has 0 bridgehead atoms. The third-order valence-electron chi connectivity index (χ3n) is 3.21. The van der Waals surface area contributed by atoms with Crippen LogP contribution in [0.5, 0.6) is 5.75 Å². The third-order valence-corrected chi connectivity index (χ3v) is 3.21. The van der Waals surface area contributed by atoms with Crippen LogP contribution in [-0.2, 0) is 6.54 Å². The summed E-state index contributed by atoms with van der Waals surface area (Å²) < 4.78 is 5.46. The summed E-state index contributed by atoms with van der Waals surface area (Å²) in [6.07, 6.45) is 5.20. The fraction of sp³-hybridized carbons (Fsp3) is 0.176. The van der Waals surface area contributed by atoms with Crippen LogP contribution >= 0.6 is 0 Å². The molecule has 0 aliphatic rings. The van der Waals surface area contributed by atoms with E-state index in [-0.39, 0.29) is 12.3 Å². The van der Waals surface area contributed by atoms with Gasteiger partial charge in [0.15, 0.2) is 0 Å². The van der Waals surface area contributed by atoms with E-state index in [0.29, 0.717) is 18.0 Å². The lowest BCUT2D eigenvalue weighted by Gasteiger charge is -2.12. The molecule has 6 nitrogen and oxygen atoms in total. The fourth-order valence-electron chi connectivity index (χ4n) is 2.10. The quantitative estimate of drug-likeness (QED) is 0.466. The average Bonchev–Trinajstić information content (AvgIpc) is 2.58. The van der Waals surface area contributed by atoms with Crippen LogP contribution in [0, 0.1) is 22.5 Å². The van der Waals surface area contributed by atoms with Gasteiger partial charge in [-0.1, -0.05) is 24.1 Å². The highest BCUT2D eigenvalue weighted by Gasteiger charge is 2.13. The molecule has 23 heavy (non-hydrogen) atoms. The highest BCUT2D eigenvalue weighted by Crippen LogP contribution is 2.27. The number of nitrogens with one attached hydrogen (secondary N) is 2. The lowest BCUT2D eigenvalue weighted by atomic mass is 10.1. The van der Waals surface area contributed by atoms with Crippen LogP contribution in [0.25, 0.3) is 0 Å². The maximum absolute atomic E-state index is 11.1. The predicted molar refractivity (Wildman–Crippen MR) is 90.7 cm³/mol. The highest BCUT2D eigenvalue weighted by atomic mass is 16.6. The van der Waals surface area contributed by atoms with Crippen LogP contribution in [0.2, 0.25) is 0 Å². The third kappa shape index (κ3) is 4.14. The normalized spacial score (nSPS) is 9.74. The number of rotatable bonds is 7. The van der Waals surface area contributed by atoms with E-state index in [1.54, 1.807) is 19.2 Å². The number of ether oxygens (including phenoxy) is 1. The summed E-state index contributed by atoms with van der Waals surface area (Å²) in [5, 5.41) is 17.1. The van der Waals surface area contributed by atoms with Gasteiger partial charge in [0.2, 0.25) is 0 Å². The van der Waals surface area contributed by atoms with Gasteiger partial charge < -0.3 is 15.4 Å². The van der Waals surface area contributed by atoms with Gasteiger partial charge in [0.25, 0.3) is 5.69 Å². The summed E-state index contributed by atoms with van der Waals surface area (Å²) in [4.78, 5) is 10.7. The number of nitro benzene ring substituents is 1. The van der Waals surface area contributed by atoms with Crippen molar-refractivity contribution in [2.75, 3.05) is 24.3 Å². The Morgan fingerprint density at radius 1 is 1.26 bits per heavy atom. The molecule has 0 unspecified atom stereocenters. The Labute approximate surface area is 134 Å². The van der Waals surface area contributed by atoms with Crippen LogP contribution < -0.4 is 15.4 Å². The lowest BCUT2D eigenvalue weighted by Crippen LogP contribution is -2.04. The van der Waals surface area contributed by atoms with Crippen molar-refractivity contribution < 1.29 is 9.66 Å². The minimum atomic E-state index is -0.403. The first-order valence-corrected chi connectivity index (χ1v) is 7.00. The number of nitrogens with zero attached hydrogens (tertiary/aromatic N) is 1. The van der Waals surface area contributed by atoms with Gasteiger partial charge in [0.1, 0.15) is 18.0 Å². The number of terminal acetylenes is 1. The van der Waals surface area contributed by atoms with Gasteiger partial charge in [0.05, 0.1) is 10.6 Å². The van der Waals surface area contributed by atoms with Crippen LogP contribution in [0.15, 0.2) is 42.5 Å². The Morgan fingerprint density at radius 3 is 2.74 bits per heavy atom. The average molecular weight is 311 g/mol. The predicted octanol–water partition coefficient (Wildman–Crippen LogP) is 3.26.